The second-order valence-electron chi connectivity index (χ2n) is 6.12. The Morgan fingerprint density at radius 2 is 1.92 bits per heavy atom. The highest BCUT2D eigenvalue weighted by atomic mass is 127. The molecule has 0 atom stereocenters. The van der Waals surface area contributed by atoms with Crippen molar-refractivity contribution in [3.8, 4) is 5.75 Å². The van der Waals surface area contributed by atoms with E-state index in [2.05, 4.69) is 15.8 Å². The normalized spacial score (nSPS) is 14.8. The minimum atomic E-state index is 0. The highest BCUT2D eigenvalue weighted by Gasteiger charge is 2.16. The van der Waals surface area contributed by atoms with Crippen molar-refractivity contribution in [2.75, 3.05) is 26.9 Å². The first-order valence-corrected chi connectivity index (χ1v) is 9.22. The molecule has 0 unspecified atom stereocenters. The lowest BCUT2D eigenvalue weighted by molar-refractivity contribution is 0.0129. The molecule has 1 aliphatic carbocycles. The van der Waals surface area contributed by atoms with Crippen LogP contribution in [-0.4, -0.2) is 38.9 Å². The SMILES string of the molecule is CCOCCCNC(=NCc1ccc(OC)cc1)NOC1CCCC1.I. The molecule has 26 heavy (non-hydrogen) atoms. The van der Waals surface area contributed by atoms with Gasteiger partial charge in [0.05, 0.1) is 19.8 Å². The number of hydrogen-bond donors (Lipinski definition) is 2. The van der Waals surface area contributed by atoms with E-state index in [9.17, 15) is 0 Å². The maximum Gasteiger partial charge on any atom is 0.216 e. The maximum absolute atomic E-state index is 5.77. The zero-order chi connectivity index (χ0) is 17.7. The van der Waals surface area contributed by atoms with E-state index in [1.165, 1.54) is 12.8 Å². The number of halogens is 1. The summed E-state index contributed by atoms with van der Waals surface area (Å²) in [5, 5.41) is 3.30. The summed E-state index contributed by atoms with van der Waals surface area (Å²) in [5.41, 5.74) is 4.14. The molecule has 0 radical (unpaired) electrons. The maximum atomic E-state index is 5.77. The van der Waals surface area contributed by atoms with E-state index in [0.29, 0.717) is 12.5 Å². The fourth-order valence-electron chi connectivity index (χ4n) is 2.70. The fourth-order valence-corrected chi connectivity index (χ4v) is 2.70. The smallest absolute Gasteiger partial charge is 0.216 e. The molecule has 0 bridgehead atoms. The molecule has 2 N–H and O–H groups in total. The van der Waals surface area contributed by atoms with Crippen LogP contribution in [0.2, 0.25) is 0 Å². The molecule has 0 saturated heterocycles. The molecule has 1 saturated carbocycles. The number of hydroxylamine groups is 1. The van der Waals surface area contributed by atoms with Crippen LogP contribution in [0.25, 0.3) is 0 Å². The zero-order valence-electron chi connectivity index (χ0n) is 15.8. The number of benzene rings is 1. The van der Waals surface area contributed by atoms with Gasteiger partial charge in [0.1, 0.15) is 5.75 Å². The monoisotopic (exact) mass is 477 g/mol. The third-order valence-electron chi connectivity index (χ3n) is 4.17. The lowest BCUT2D eigenvalue weighted by Crippen LogP contribution is -2.40. The number of nitrogens with zero attached hydrogens (tertiary/aromatic N) is 1. The molecular weight excluding hydrogens is 445 g/mol. The highest BCUT2D eigenvalue weighted by molar-refractivity contribution is 14.0. The van der Waals surface area contributed by atoms with E-state index in [4.69, 9.17) is 14.3 Å². The van der Waals surface area contributed by atoms with Crippen molar-refractivity contribution < 1.29 is 14.3 Å². The molecular formula is C19H32IN3O3. The quantitative estimate of drug-likeness (QED) is 0.177. The Labute approximate surface area is 174 Å². The Bertz CT molecular complexity index is 505. The third-order valence-corrected chi connectivity index (χ3v) is 4.17. The van der Waals surface area contributed by atoms with Crippen molar-refractivity contribution in [3.63, 3.8) is 0 Å². The minimum absolute atomic E-state index is 0. The van der Waals surface area contributed by atoms with Crippen molar-refractivity contribution in [1.29, 1.82) is 0 Å². The second-order valence-corrected chi connectivity index (χ2v) is 6.12. The summed E-state index contributed by atoms with van der Waals surface area (Å²) >= 11 is 0. The van der Waals surface area contributed by atoms with E-state index in [0.717, 1.165) is 50.3 Å². The average molecular weight is 477 g/mol. The van der Waals surface area contributed by atoms with Gasteiger partial charge in [-0.25, -0.2) is 10.5 Å². The fraction of sp³-hybridized carbons (Fsp3) is 0.632. The molecule has 1 aromatic carbocycles. The van der Waals surface area contributed by atoms with Crippen LogP contribution in [0.4, 0.5) is 0 Å². The first-order valence-electron chi connectivity index (χ1n) is 9.22. The summed E-state index contributed by atoms with van der Waals surface area (Å²) in [7, 11) is 1.67. The van der Waals surface area contributed by atoms with E-state index in [-0.39, 0.29) is 30.1 Å². The van der Waals surface area contributed by atoms with Gasteiger partial charge in [0.25, 0.3) is 0 Å². The van der Waals surface area contributed by atoms with E-state index >= 15 is 0 Å². The highest BCUT2D eigenvalue weighted by Crippen LogP contribution is 2.19. The van der Waals surface area contributed by atoms with Gasteiger partial charge in [-0.15, -0.1) is 24.0 Å². The number of hydrogen-bond acceptors (Lipinski definition) is 4. The third kappa shape index (κ3) is 9.05. The second kappa shape index (κ2) is 14.1. The Balaban J connectivity index is 0.00000338. The van der Waals surface area contributed by atoms with Gasteiger partial charge in [0.15, 0.2) is 0 Å². The molecule has 148 valence electrons. The molecule has 0 heterocycles. The molecule has 1 aliphatic rings. The summed E-state index contributed by atoms with van der Waals surface area (Å²) in [6, 6.07) is 7.94. The summed E-state index contributed by atoms with van der Waals surface area (Å²) in [6.45, 7) is 4.88. The Hall–Kier alpha value is -1.06. The zero-order valence-corrected chi connectivity index (χ0v) is 18.2. The Kier molecular flexibility index (Phi) is 12.4. The van der Waals surface area contributed by atoms with E-state index in [1.54, 1.807) is 7.11 Å². The van der Waals surface area contributed by atoms with Gasteiger partial charge in [-0.2, -0.15) is 0 Å². The van der Waals surface area contributed by atoms with Crippen LogP contribution in [0.3, 0.4) is 0 Å². The first kappa shape index (κ1) is 23.0. The van der Waals surface area contributed by atoms with Crippen LogP contribution in [0.15, 0.2) is 29.3 Å². The predicted molar refractivity (Wildman–Crippen MR) is 115 cm³/mol. The van der Waals surface area contributed by atoms with Gasteiger partial charge < -0.3 is 14.8 Å². The van der Waals surface area contributed by atoms with E-state index < -0.39 is 0 Å². The molecule has 0 spiro atoms. The number of guanidine groups is 1. The van der Waals surface area contributed by atoms with Gasteiger partial charge in [0, 0.05) is 19.8 Å². The summed E-state index contributed by atoms with van der Waals surface area (Å²) in [6.07, 6.45) is 5.93. The van der Waals surface area contributed by atoms with Crippen LogP contribution < -0.4 is 15.5 Å². The van der Waals surface area contributed by atoms with Crippen molar-refractivity contribution in [1.82, 2.24) is 10.8 Å². The largest absolute Gasteiger partial charge is 0.497 e. The van der Waals surface area contributed by atoms with Crippen molar-refractivity contribution in [3.05, 3.63) is 29.8 Å². The molecule has 0 aromatic heterocycles. The average Bonchev–Trinajstić information content (AvgIpc) is 3.17. The molecule has 0 amide bonds. The molecule has 1 fully saturated rings. The summed E-state index contributed by atoms with van der Waals surface area (Å²) < 4.78 is 10.5. The van der Waals surface area contributed by atoms with Gasteiger partial charge in [-0.3, -0.25) is 4.84 Å². The minimum Gasteiger partial charge on any atom is -0.497 e. The number of ether oxygens (including phenoxy) is 2. The van der Waals surface area contributed by atoms with Crippen molar-refractivity contribution >= 4 is 29.9 Å². The molecule has 7 heteroatoms. The standard InChI is InChI=1S/C19H31N3O3.HI/c1-3-24-14-6-13-20-19(22-25-18-7-4-5-8-18)21-15-16-9-11-17(23-2)12-10-16;/h9-12,18H,3-8,13-15H2,1-2H3,(H2,20,21,22);1H. The number of rotatable bonds is 10. The van der Waals surface area contributed by atoms with Gasteiger partial charge >= 0.3 is 0 Å². The lowest BCUT2D eigenvalue weighted by Gasteiger charge is -2.16. The molecule has 2 rings (SSSR count). The van der Waals surface area contributed by atoms with Crippen LogP contribution in [0, 0.1) is 0 Å². The molecule has 6 nitrogen and oxygen atoms in total. The topological polar surface area (TPSA) is 64.1 Å². The lowest BCUT2D eigenvalue weighted by atomic mass is 10.2. The number of methoxy groups -OCH3 is 1. The van der Waals surface area contributed by atoms with Crippen LogP contribution in [0.5, 0.6) is 5.75 Å². The Morgan fingerprint density at radius 3 is 2.58 bits per heavy atom. The Morgan fingerprint density at radius 1 is 1.19 bits per heavy atom. The van der Waals surface area contributed by atoms with Gasteiger partial charge in [-0.05, 0) is 43.9 Å². The van der Waals surface area contributed by atoms with Gasteiger partial charge in [0.2, 0.25) is 5.96 Å². The summed E-state index contributed by atoms with van der Waals surface area (Å²) in [4.78, 5) is 10.4. The van der Waals surface area contributed by atoms with E-state index in [1.807, 2.05) is 31.2 Å². The van der Waals surface area contributed by atoms with Crippen molar-refractivity contribution in [2.24, 2.45) is 4.99 Å². The molecule has 0 aliphatic heterocycles. The van der Waals surface area contributed by atoms with Crippen LogP contribution >= 0.6 is 24.0 Å². The number of nitrogens with one attached hydrogen (secondary N) is 2. The van der Waals surface area contributed by atoms with Crippen LogP contribution in [-0.2, 0) is 16.1 Å². The van der Waals surface area contributed by atoms with Crippen molar-refractivity contribution in [2.45, 2.75) is 51.7 Å². The molecule has 1 aromatic rings. The number of aliphatic imine (C=N–C) groups is 1. The summed E-state index contributed by atoms with van der Waals surface area (Å²) in [5.74, 6) is 1.53. The van der Waals surface area contributed by atoms with Gasteiger partial charge in [-0.1, -0.05) is 25.0 Å². The first-order chi connectivity index (χ1) is 12.3. The predicted octanol–water partition coefficient (Wildman–Crippen LogP) is 3.65. The van der Waals surface area contributed by atoms with Crippen LogP contribution in [0.1, 0.15) is 44.6 Å².